The molecule has 2 aromatic heterocycles. The minimum Gasteiger partial charge on any atom is -0.396 e. The van der Waals surface area contributed by atoms with Crippen LogP contribution in [0.4, 0.5) is 5.82 Å². The molecular formula is C24H27N5O2. The van der Waals surface area contributed by atoms with Crippen molar-refractivity contribution >= 4 is 17.8 Å². The highest BCUT2D eigenvalue weighted by atomic mass is 16.3. The smallest absolute Gasteiger partial charge is 0.225 e. The van der Waals surface area contributed by atoms with Crippen molar-refractivity contribution in [3.05, 3.63) is 47.9 Å². The number of anilines is 1. The van der Waals surface area contributed by atoms with E-state index in [1.54, 1.807) is 12.3 Å². The monoisotopic (exact) mass is 417 g/mol. The molecule has 1 amide bonds. The van der Waals surface area contributed by atoms with Gasteiger partial charge in [-0.15, -0.1) is 0 Å². The summed E-state index contributed by atoms with van der Waals surface area (Å²) in [5, 5.41) is 19.0. The lowest BCUT2D eigenvalue weighted by molar-refractivity contribution is -0.134. The largest absolute Gasteiger partial charge is 0.396 e. The molecule has 1 N–H and O–H groups in total. The van der Waals surface area contributed by atoms with Crippen molar-refractivity contribution in [1.82, 2.24) is 14.9 Å². The molecule has 31 heavy (non-hydrogen) atoms. The Hall–Kier alpha value is -3.24. The van der Waals surface area contributed by atoms with Gasteiger partial charge in [-0.05, 0) is 49.6 Å². The maximum Gasteiger partial charge on any atom is 0.225 e. The number of amides is 1. The van der Waals surface area contributed by atoms with E-state index in [4.69, 9.17) is 10.1 Å². The normalized spacial score (nSPS) is 18.5. The van der Waals surface area contributed by atoms with E-state index >= 15 is 0 Å². The predicted molar refractivity (Wildman–Crippen MR) is 119 cm³/mol. The van der Waals surface area contributed by atoms with Crippen molar-refractivity contribution in [2.24, 2.45) is 0 Å². The number of carbonyl (C=O) groups is 1. The Morgan fingerprint density at radius 3 is 2.84 bits per heavy atom. The summed E-state index contributed by atoms with van der Waals surface area (Å²) in [5.74, 6) is 1.08. The van der Waals surface area contributed by atoms with Crippen LogP contribution >= 0.6 is 0 Å². The molecule has 1 atom stereocenters. The Labute approximate surface area is 182 Å². The minimum absolute atomic E-state index is 0.0134. The van der Waals surface area contributed by atoms with E-state index in [0.717, 1.165) is 35.4 Å². The average Bonchev–Trinajstić information content (AvgIpc) is 3.63. The van der Waals surface area contributed by atoms with Gasteiger partial charge < -0.3 is 14.9 Å². The van der Waals surface area contributed by atoms with Gasteiger partial charge in [0.05, 0.1) is 23.6 Å². The van der Waals surface area contributed by atoms with Crippen LogP contribution in [0.1, 0.15) is 49.1 Å². The zero-order chi connectivity index (χ0) is 22.0. The Kier molecular flexibility index (Phi) is 6.01. The Morgan fingerprint density at radius 2 is 2.19 bits per heavy atom. The fraction of sp³-hybridized carbons (Fsp3) is 0.417. The minimum atomic E-state index is -0.138. The van der Waals surface area contributed by atoms with Crippen LogP contribution in [0, 0.1) is 11.3 Å². The second-order valence-corrected chi connectivity index (χ2v) is 8.21. The molecule has 2 fully saturated rings. The number of nitrogens with zero attached hydrogens (tertiary/aromatic N) is 5. The van der Waals surface area contributed by atoms with Crippen molar-refractivity contribution in [2.45, 2.75) is 38.1 Å². The van der Waals surface area contributed by atoms with Crippen LogP contribution in [0.3, 0.4) is 0 Å². The third kappa shape index (κ3) is 4.30. The SMILES string of the molecule is C=Cc1cc(-c2cc(C#N)c(N3CCN(C(=O)CCO)C(C)C3)nc2C2CC2)ccn1. The van der Waals surface area contributed by atoms with E-state index < -0.39 is 0 Å². The summed E-state index contributed by atoms with van der Waals surface area (Å²) in [6.45, 7) is 7.44. The van der Waals surface area contributed by atoms with E-state index in [1.807, 2.05) is 30.0 Å². The molecule has 2 aliphatic rings. The number of hydrogen-bond acceptors (Lipinski definition) is 6. The number of hydrogen-bond donors (Lipinski definition) is 1. The standard InChI is InChI=1S/C24H27N5O2/c1-3-20-12-18(6-8-26-20)21-13-19(14-25)24(27-23(21)17-4-5-17)28-9-10-29(16(2)15-28)22(31)7-11-30/h3,6,8,12-13,16-17,30H,1,4-5,7,9-11,15H2,2H3. The fourth-order valence-corrected chi connectivity index (χ4v) is 4.23. The number of piperazine rings is 1. The second kappa shape index (κ2) is 8.86. The number of aliphatic hydroxyl groups is 1. The summed E-state index contributed by atoms with van der Waals surface area (Å²) >= 11 is 0. The molecule has 0 spiro atoms. The van der Waals surface area contributed by atoms with Crippen LogP contribution in [0.15, 0.2) is 31.0 Å². The molecule has 2 aromatic rings. The molecule has 1 aliphatic heterocycles. The van der Waals surface area contributed by atoms with Crippen LogP contribution in [0.25, 0.3) is 17.2 Å². The van der Waals surface area contributed by atoms with Crippen molar-refractivity contribution in [3.63, 3.8) is 0 Å². The lowest BCUT2D eigenvalue weighted by Crippen LogP contribution is -2.54. The number of aromatic nitrogens is 2. The number of rotatable bonds is 6. The zero-order valence-electron chi connectivity index (χ0n) is 17.8. The first-order chi connectivity index (χ1) is 15.0. The molecule has 0 aromatic carbocycles. The Morgan fingerprint density at radius 1 is 1.39 bits per heavy atom. The molecular weight excluding hydrogens is 390 g/mol. The van der Waals surface area contributed by atoms with Gasteiger partial charge in [0, 0.05) is 49.8 Å². The first kappa shape index (κ1) is 21.0. The van der Waals surface area contributed by atoms with E-state index in [0.29, 0.717) is 36.9 Å². The van der Waals surface area contributed by atoms with Crippen molar-refractivity contribution in [2.75, 3.05) is 31.1 Å². The molecule has 3 heterocycles. The van der Waals surface area contributed by atoms with Gasteiger partial charge >= 0.3 is 0 Å². The van der Waals surface area contributed by atoms with Gasteiger partial charge in [-0.25, -0.2) is 4.98 Å². The van der Waals surface area contributed by atoms with Gasteiger partial charge in [0.15, 0.2) is 0 Å². The molecule has 0 bridgehead atoms. The summed E-state index contributed by atoms with van der Waals surface area (Å²) in [4.78, 5) is 25.5. The topological polar surface area (TPSA) is 93.4 Å². The molecule has 1 unspecified atom stereocenters. The summed E-state index contributed by atoms with van der Waals surface area (Å²) in [5.41, 5.74) is 4.34. The third-order valence-electron chi connectivity index (χ3n) is 5.99. The number of carbonyl (C=O) groups excluding carboxylic acids is 1. The maximum absolute atomic E-state index is 12.2. The maximum atomic E-state index is 12.2. The van der Waals surface area contributed by atoms with Crippen LogP contribution < -0.4 is 4.90 Å². The van der Waals surface area contributed by atoms with Crippen LogP contribution in [-0.4, -0.2) is 58.2 Å². The second-order valence-electron chi connectivity index (χ2n) is 8.21. The van der Waals surface area contributed by atoms with E-state index in [9.17, 15) is 10.1 Å². The lowest BCUT2D eigenvalue weighted by Gasteiger charge is -2.40. The van der Waals surface area contributed by atoms with Gasteiger partial charge in [0.2, 0.25) is 5.91 Å². The molecule has 1 saturated heterocycles. The Bertz CT molecular complexity index is 1040. The highest BCUT2D eigenvalue weighted by Crippen LogP contribution is 2.45. The van der Waals surface area contributed by atoms with Crippen LogP contribution in [0.5, 0.6) is 0 Å². The van der Waals surface area contributed by atoms with Gasteiger partial charge in [-0.1, -0.05) is 6.58 Å². The predicted octanol–water partition coefficient (Wildman–Crippen LogP) is 2.96. The van der Waals surface area contributed by atoms with Gasteiger partial charge in [-0.3, -0.25) is 9.78 Å². The quantitative estimate of drug-likeness (QED) is 0.777. The summed E-state index contributed by atoms with van der Waals surface area (Å²) in [6.07, 6.45) is 5.82. The highest BCUT2D eigenvalue weighted by molar-refractivity contribution is 5.77. The zero-order valence-corrected chi connectivity index (χ0v) is 17.8. The van der Waals surface area contributed by atoms with Gasteiger partial charge in [0.25, 0.3) is 0 Å². The highest BCUT2D eigenvalue weighted by Gasteiger charge is 2.33. The van der Waals surface area contributed by atoms with Crippen LogP contribution in [0.2, 0.25) is 0 Å². The molecule has 4 rings (SSSR count). The lowest BCUT2D eigenvalue weighted by atomic mass is 9.99. The summed E-state index contributed by atoms with van der Waals surface area (Å²) in [7, 11) is 0. The van der Waals surface area contributed by atoms with E-state index in [-0.39, 0.29) is 25.0 Å². The van der Waals surface area contributed by atoms with Crippen molar-refractivity contribution in [1.29, 1.82) is 5.26 Å². The van der Waals surface area contributed by atoms with Gasteiger partial charge in [0.1, 0.15) is 11.9 Å². The average molecular weight is 418 g/mol. The third-order valence-corrected chi connectivity index (χ3v) is 5.99. The van der Waals surface area contributed by atoms with Gasteiger partial charge in [-0.2, -0.15) is 5.26 Å². The molecule has 1 aliphatic carbocycles. The fourth-order valence-electron chi connectivity index (χ4n) is 4.23. The number of pyridine rings is 2. The van der Waals surface area contributed by atoms with E-state index in [1.165, 1.54) is 0 Å². The van der Waals surface area contributed by atoms with Crippen molar-refractivity contribution < 1.29 is 9.90 Å². The molecule has 1 saturated carbocycles. The number of aliphatic hydroxyl groups excluding tert-OH is 1. The first-order valence-electron chi connectivity index (χ1n) is 10.7. The number of nitriles is 1. The summed E-state index contributed by atoms with van der Waals surface area (Å²) < 4.78 is 0. The van der Waals surface area contributed by atoms with Crippen LogP contribution in [-0.2, 0) is 4.79 Å². The van der Waals surface area contributed by atoms with E-state index in [2.05, 4.69) is 22.5 Å². The Balaban J connectivity index is 1.68. The molecule has 7 nitrogen and oxygen atoms in total. The molecule has 7 heteroatoms. The van der Waals surface area contributed by atoms with Crippen molar-refractivity contribution in [3.8, 4) is 17.2 Å². The summed E-state index contributed by atoms with van der Waals surface area (Å²) in [6, 6.07) is 8.20. The first-order valence-corrected chi connectivity index (χ1v) is 10.7. The molecule has 0 radical (unpaired) electrons. The molecule has 160 valence electrons.